The Bertz CT molecular complexity index is 1040. The summed E-state index contributed by atoms with van der Waals surface area (Å²) in [5, 5.41) is 19.0. The average Bonchev–Trinajstić information content (AvgIpc) is 3.37. The number of hydrogen-bond acceptors (Lipinski definition) is 6. The first-order valence-corrected chi connectivity index (χ1v) is 11.4. The van der Waals surface area contributed by atoms with Gasteiger partial charge in [-0.15, -0.1) is 0 Å². The topological polar surface area (TPSA) is 74.5 Å². The first-order valence-electron chi connectivity index (χ1n) is 10.5. The zero-order valence-electron chi connectivity index (χ0n) is 17.2. The van der Waals surface area contributed by atoms with E-state index in [4.69, 9.17) is 0 Å². The summed E-state index contributed by atoms with van der Waals surface area (Å²) in [6, 6.07) is 4.04. The molecule has 7 nitrogen and oxygen atoms in total. The third-order valence-corrected chi connectivity index (χ3v) is 7.37. The summed E-state index contributed by atoms with van der Waals surface area (Å²) in [5.41, 5.74) is 3.69. The SMILES string of the molecule is Cn1ncc2ncc(C(=O)N3CCC4(CC3)CC(O)CN(Cc3ccsc3)C4)cc21. The van der Waals surface area contributed by atoms with Gasteiger partial charge in [0.05, 0.1) is 23.4 Å². The van der Waals surface area contributed by atoms with Gasteiger partial charge in [-0.1, -0.05) is 0 Å². The maximum absolute atomic E-state index is 13.1. The standard InChI is InChI=1S/C22H27N5O2S/c1-25-20-8-17(10-23-19(20)11-24-25)21(29)27-5-3-22(4-6-27)9-18(28)13-26(15-22)12-16-2-7-30-14-16/h2,7-8,10-11,14,18,28H,3-6,9,12-13,15H2,1H3. The van der Waals surface area contributed by atoms with E-state index in [1.54, 1.807) is 28.4 Å². The second kappa shape index (κ2) is 7.76. The van der Waals surface area contributed by atoms with Gasteiger partial charge in [0.2, 0.25) is 0 Å². The lowest BCUT2D eigenvalue weighted by Gasteiger charge is -2.49. The number of aromatic nitrogens is 3. The minimum Gasteiger partial charge on any atom is -0.392 e. The second-order valence-electron chi connectivity index (χ2n) is 8.85. The highest BCUT2D eigenvalue weighted by molar-refractivity contribution is 7.07. The summed E-state index contributed by atoms with van der Waals surface area (Å²) in [4.78, 5) is 21.8. The number of amides is 1. The number of β-amino-alcohol motifs (C(OH)–C–C–N with tert-alkyl or cyclic N) is 1. The molecule has 3 aromatic heterocycles. The summed E-state index contributed by atoms with van der Waals surface area (Å²) in [6.07, 6.45) is 5.76. The molecule has 2 saturated heterocycles. The van der Waals surface area contributed by atoms with Crippen LogP contribution in [0.3, 0.4) is 0 Å². The van der Waals surface area contributed by atoms with Crippen molar-refractivity contribution in [3.8, 4) is 0 Å². The predicted octanol–water partition coefficient (Wildman–Crippen LogP) is 2.52. The van der Waals surface area contributed by atoms with Gasteiger partial charge in [0.25, 0.3) is 5.91 Å². The van der Waals surface area contributed by atoms with Crippen molar-refractivity contribution in [3.05, 3.63) is 46.4 Å². The average molecular weight is 426 g/mol. The maximum atomic E-state index is 13.1. The molecule has 0 bridgehead atoms. The first kappa shape index (κ1) is 19.7. The number of rotatable bonds is 3. The fourth-order valence-electron chi connectivity index (χ4n) is 5.10. The molecule has 0 radical (unpaired) electrons. The number of aliphatic hydroxyl groups excluding tert-OH is 1. The lowest BCUT2D eigenvalue weighted by molar-refractivity contribution is -0.0403. The number of carbonyl (C=O) groups is 1. The molecule has 2 aliphatic rings. The highest BCUT2D eigenvalue weighted by Crippen LogP contribution is 2.40. The second-order valence-corrected chi connectivity index (χ2v) is 9.63. The molecule has 5 heterocycles. The van der Waals surface area contributed by atoms with E-state index in [-0.39, 0.29) is 17.4 Å². The first-order chi connectivity index (χ1) is 14.5. The molecular formula is C22H27N5O2S. The zero-order valence-corrected chi connectivity index (χ0v) is 18.0. The van der Waals surface area contributed by atoms with Crippen molar-refractivity contribution in [3.63, 3.8) is 0 Å². The summed E-state index contributed by atoms with van der Waals surface area (Å²) in [5.74, 6) is 0.0342. The van der Waals surface area contributed by atoms with Crippen LogP contribution >= 0.6 is 11.3 Å². The number of pyridine rings is 1. The van der Waals surface area contributed by atoms with E-state index in [1.807, 2.05) is 18.0 Å². The molecule has 0 aliphatic carbocycles. The predicted molar refractivity (Wildman–Crippen MR) is 116 cm³/mol. The van der Waals surface area contributed by atoms with E-state index in [1.165, 1.54) is 5.56 Å². The van der Waals surface area contributed by atoms with Crippen LogP contribution in [0.5, 0.6) is 0 Å². The molecule has 0 aromatic carbocycles. The number of thiophene rings is 1. The maximum Gasteiger partial charge on any atom is 0.255 e. The van der Waals surface area contributed by atoms with E-state index in [9.17, 15) is 9.90 Å². The Morgan fingerprint density at radius 3 is 2.93 bits per heavy atom. The smallest absolute Gasteiger partial charge is 0.255 e. The van der Waals surface area contributed by atoms with Gasteiger partial charge in [-0.2, -0.15) is 16.4 Å². The number of nitrogens with zero attached hydrogens (tertiary/aromatic N) is 5. The molecule has 1 atom stereocenters. The molecule has 1 amide bonds. The van der Waals surface area contributed by atoms with Crippen molar-refractivity contribution in [2.24, 2.45) is 12.5 Å². The fourth-order valence-corrected chi connectivity index (χ4v) is 5.76. The van der Waals surface area contributed by atoms with Crippen LogP contribution in [0.4, 0.5) is 0 Å². The molecule has 1 N–H and O–H groups in total. The van der Waals surface area contributed by atoms with Crippen molar-refractivity contribution < 1.29 is 9.90 Å². The van der Waals surface area contributed by atoms with E-state index in [0.717, 1.165) is 63.0 Å². The summed E-state index contributed by atoms with van der Waals surface area (Å²) >= 11 is 1.72. The Kier molecular flexibility index (Phi) is 5.08. The molecule has 5 rings (SSSR count). The Labute approximate surface area is 179 Å². The van der Waals surface area contributed by atoms with Gasteiger partial charge < -0.3 is 10.0 Å². The van der Waals surface area contributed by atoms with Gasteiger partial charge >= 0.3 is 0 Å². The Balaban J connectivity index is 1.26. The van der Waals surface area contributed by atoms with Crippen molar-refractivity contribution >= 4 is 28.3 Å². The Morgan fingerprint density at radius 2 is 2.17 bits per heavy atom. The molecule has 2 fully saturated rings. The summed E-state index contributed by atoms with van der Waals surface area (Å²) < 4.78 is 1.75. The van der Waals surface area contributed by atoms with E-state index < -0.39 is 0 Å². The number of piperidine rings is 2. The van der Waals surface area contributed by atoms with Crippen LogP contribution in [0.25, 0.3) is 11.0 Å². The van der Waals surface area contributed by atoms with E-state index in [2.05, 4.69) is 31.8 Å². The molecule has 2 aliphatic heterocycles. The molecule has 1 spiro atoms. The highest BCUT2D eigenvalue weighted by Gasteiger charge is 2.42. The molecule has 1 unspecified atom stereocenters. The highest BCUT2D eigenvalue weighted by atomic mass is 32.1. The fraction of sp³-hybridized carbons (Fsp3) is 0.500. The number of aliphatic hydroxyl groups is 1. The zero-order chi connectivity index (χ0) is 20.7. The van der Waals surface area contributed by atoms with E-state index >= 15 is 0 Å². The van der Waals surface area contributed by atoms with Gasteiger partial charge in [0, 0.05) is 46.0 Å². The Hall–Kier alpha value is -2.29. The minimum absolute atomic E-state index is 0.0342. The third kappa shape index (κ3) is 3.75. The number of likely N-dealkylation sites (tertiary alicyclic amines) is 2. The number of carbonyl (C=O) groups excluding carboxylic acids is 1. The Morgan fingerprint density at radius 1 is 1.33 bits per heavy atom. The molecule has 3 aromatic rings. The third-order valence-electron chi connectivity index (χ3n) is 6.64. The van der Waals surface area contributed by atoms with Gasteiger partial charge in [-0.25, -0.2) is 0 Å². The normalized spacial score (nSPS) is 22.1. The molecule has 0 saturated carbocycles. The van der Waals surface area contributed by atoms with Crippen LogP contribution in [-0.2, 0) is 13.6 Å². The largest absolute Gasteiger partial charge is 0.392 e. The quantitative estimate of drug-likeness (QED) is 0.698. The van der Waals surface area contributed by atoms with Crippen molar-refractivity contribution in [2.75, 3.05) is 26.2 Å². The minimum atomic E-state index is -0.295. The van der Waals surface area contributed by atoms with Crippen LogP contribution in [0.1, 0.15) is 35.2 Å². The van der Waals surface area contributed by atoms with Crippen molar-refractivity contribution in [2.45, 2.75) is 31.9 Å². The molecule has 158 valence electrons. The molecule has 30 heavy (non-hydrogen) atoms. The van der Waals surface area contributed by atoms with Crippen LogP contribution in [-0.4, -0.2) is 67.9 Å². The molecule has 8 heteroatoms. The van der Waals surface area contributed by atoms with Crippen LogP contribution in [0.15, 0.2) is 35.3 Å². The summed E-state index contributed by atoms with van der Waals surface area (Å²) in [7, 11) is 1.86. The summed E-state index contributed by atoms with van der Waals surface area (Å²) in [6.45, 7) is 4.06. The van der Waals surface area contributed by atoms with Crippen molar-refractivity contribution in [1.82, 2.24) is 24.6 Å². The number of fused-ring (bicyclic) bond motifs is 1. The van der Waals surface area contributed by atoms with Gasteiger partial charge in [0.1, 0.15) is 5.52 Å². The lowest BCUT2D eigenvalue weighted by atomic mass is 9.71. The van der Waals surface area contributed by atoms with Crippen LogP contribution in [0.2, 0.25) is 0 Å². The van der Waals surface area contributed by atoms with Gasteiger partial charge in [0.15, 0.2) is 0 Å². The van der Waals surface area contributed by atoms with Gasteiger partial charge in [-0.3, -0.25) is 19.4 Å². The van der Waals surface area contributed by atoms with Crippen molar-refractivity contribution in [1.29, 1.82) is 0 Å². The number of aryl methyl sites for hydroxylation is 1. The monoisotopic (exact) mass is 425 g/mol. The lowest BCUT2D eigenvalue weighted by Crippen LogP contribution is -2.54. The van der Waals surface area contributed by atoms with Crippen LogP contribution in [0, 0.1) is 5.41 Å². The molecular weight excluding hydrogens is 398 g/mol. The van der Waals surface area contributed by atoms with Crippen LogP contribution < -0.4 is 0 Å². The van der Waals surface area contributed by atoms with Gasteiger partial charge in [-0.05, 0) is 53.1 Å². The van der Waals surface area contributed by atoms with E-state index in [0.29, 0.717) is 5.56 Å². The number of hydrogen-bond donors (Lipinski definition) is 1.